The average molecular weight is 416 g/mol. The van der Waals surface area contributed by atoms with Crippen molar-refractivity contribution in [3.05, 3.63) is 52.4 Å². The van der Waals surface area contributed by atoms with E-state index in [0.717, 1.165) is 5.56 Å². The Bertz CT molecular complexity index is 1320. The molecule has 2 aromatic heterocycles. The number of nitrogens with zero attached hydrogens (tertiary/aromatic N) is 4. The van der Waals surface area contributed by atoms with E-state index in [1.807, 2.05) is 6.92 Å². The van der Waals surface area contributed by atoms with Crippen molar-refractivity contribution in [2.45, 2.75) is 25.6 Å². The van der Waals surface area contributed by atoms with Crippen LogP contribution in [0.1, 0.15) is 17.5 Å². The molecule has 1 saturated heterocycles. The van der Waals surface area contributed by atoms with Crippen molar-refractivity contribution in [2.75, 3.05) is 31.1 Å². The summed E-state index contributed by atoms with van der Waals surface area (Å²) in [5.41, 5.74) is 0.864. The lowest BCUT2D eigenvalue weighted by molar-refractivity contribution is 0.0809. The van der Waals surface area contributed by atoms with E-state index in [2.05, 4.69) is 10.1 Å². The van der Waals surface area contributed by atoms with Gasteiger partial charge in [0.15, 0.2) is 29.1 Å². The third-order valence-electron chi connectivity index (χ3n) is 5.09. The monoisotopic (exact) mass is 416 g/mol. The van der Waals surface area contributed by atoms with Crippen LogP contribution in [-0.2, 0) is 0 Å². The topological polar surface area (TPSA) is 78.2 Å². The molecular formula is C21H21FN4O4. The Balaban J connectivity index is 1.31. The van der Waals surface area contributed by atoms with Crippen molar-refractivity contribution in [1.29, 1.82) is 0 Å². The number of halogens is 1. The molecule has 3 aromatic rings. The molecule has 2 aliphatic rings. The quantitative estimate of drug-likeness (QED) is 0.648. The number of alkyl halides is 1. The van der Waals surface area contributed by atoms with Gasteiger partial charge in [-0.1, -0.05) is 0 Å². The fourth-order valence-corrected chi connectivity index (χ4v) is 3.62. The van der Waals surface area contributed by atoms with Crippen LogP contribution in [0.4, 0.5) is 10.2 Å². The van der Waals surface area contributed by atoms with Crippen LogP contribution in [0.2, 0.25) is 0 Å². The van der Waals surface area contributed by atoms with Crippen LogP contribution in [0.5, 0.6) is 17.2 Å². The van der Waals surface area contributed by atoms with E-state index in [-0.39, 0.29) is 29.4 Å². The number of piperidine rings is 1. The van der Waals surface area contributed by atoms with Crippen molar-refractivity contribution >= 4 is 11.5 Å². The lowest BCUT2D eigenvalue weighted by atomic mass is 10.1. The highest BCUT2D eigenvalue weighted by atomic mass is 19.1. The van der Waals surface area contributed by atoms with Gasteiger partial charge in [-0.3, -0.25) is 4.79 Å². The Labute approximate surface area is 177 Å². The Morgan fingerprint density at radius 2 is 2.07 bits per heavy atom. The highest BCUT2D eigenvalue weighted by molar-refractivity contribution is 5.53. The van der Waals surface area contributed by atoms with E-state index in [1.54, 1.807) is 11.0 Å². The molecule has 156 valence electrons. The normalized spacial score (nSPS) is 26.3. The van der Waals surface area contributed by atoms with Crippen LogP contribution >= 0.6 is 0 Å². The molecule has 0 amide bonds. The maximum Gasteiger partial charge on any atom is 0.274 e. The lowest BCUT2D eigenvalue weighted by Crippen LogP contribution is -2.47. The molecule has 0 saturated carbocycles. The summed E-state index contributed by atoms with van der Waals surface area (Å²) in [7, 11) is 0. The predicted molar refractivity (Wildman–Crippen MR) is 108 cm³/mol. The zero-order valence-corrected chi connectivity index (χ0v) is 16.0. The zero-order valence-electron chi connectivity index (χ0n) is 20.0. The fourth-order valence-electron chi connectivity index (χ4n) is 3.62. The van der Waals surface area contributed by atoms with Gasteiger partial charge in [0.05, 0.1) is 12.0 Å². The van der Waals surface area contributed by atoms with E-state index in [0.29, 0.717) is 24.4 Å². The molecule has 2 atom stereocenters. The summed E-state index contributed by atoms with van der Waals surface area (Å²) in [6.45, 7) is -3.09. The largest absolute Gasteiger partial charge is 0.487 e. The second kappa shape index (κ2) is 7.47. The molecule has 1 fully saturated rings. The zero-order chi connectivity index (χ0) is 24.3. The van der Waals surface area contributed by atoms with Gasteiger partial charge in [-0.2, -0.15) is 4.52 Å². The van der Waals surface area contributed by atoms with Gasteiger partial charge in [-0.05, 0) is 30.7 Å². The maximum atomic E-state index is 15.1. The van der Waals surface area contributed by atoms with E-state index in [4.69, 9.17) is 19.7 Å². The highest BCUT2D eigenvalue weighted by Crippen LogP contribution is 2.35. The summed E-state index contributed by atoms with van der Waals surface area (Å²) in [4.78, 5) is 18.0. The third kappa shape index (κ3) is 3.40. The maximum absolute atomic E-state index is 15.1. The number of hydrogen-bond donors (Lipinski definition) is 0. The smallest absolute Gasteiger partial charge is 0.274 e. The molecule has 30 heavy (non-hydrogen) atoms. The van der Waals surface area contributed by atoms with Gasteiger partial charge in [0.25, 0.3) is 5.56 Å². The SMILES string of the molecule is [2H]C1([2H])Oc2ccc(O[C@H]3CCN(c4nn5c(=O)ccnc5cc4C)C[C@H]3F)cc2OC1([2H])[2H]. The van der Waals surface area contributed by atoms with Gasteiger partial charge in [0.1, 0.15) is 25.0 Å². The van der Waals surface area contributed by atoms with Gasteiger partial charge >= 0.3 is 0 Å². The van der Waals surface area contributed by atoms with Crippen molar-refractivity contribution in [3.63, 3.8) is 0 Å². The molecule has 0 bridgehead atoms. The first-order valence-corrected chi connectivity index (χ1v) is 9.47. The van der Waals surface area contributed by atoms with Crippen LogP contribution < -0.4 is 24.7 Å². The van der Waals surface area contributed by atoms with Crippen LogP contribution in [-0.4, -0.2) is 53.1 Å². The van der Waals surface area contributed by atoms with Crippen molar-refractivity contribution in [2.24, 2.45) is 0 Å². The van der Waals surface area contributed by atoms with Crippen LogP contribution in [0.15, 0.2) is 41.3 Å². The van der Waals surface area contributed by atoms with E-state index >= 15 is 4.39 Å². The summed E-state index contributed by atoms with van der Waals surface area (Å²) in [6.07, 6.45) is -0.390. The Kier molecular flexibility index (Phi) is 3.64. The van der Waals surface area contributed by atoms with Gasteiger partial charge in [-0.15, -0.1) is 5.10 Å². The molecule has 0 unspecified atom stereocenters. The summed E-state index contributed by atoms with van der Waals surface area (Å²) < 4.78 is 63.0. The van der Waals surface area contributed by atoms with Crippen LogP contribution in [0.3, 0.4) is 0 Å². The first kappa shape index (κ1) is 14.6. The number of rotatable bonds is 3. The standard InChI is InChI=1S/C21H21FN4O4/c1-13-10-19-23-6-4-20(27)26(19)24-21(13)25-7-5-16(15(22)12-25)30-14-2-3-17-18(11-14)29-9-8-28-17/h2-4,6,10-11,15-16H,5,7-9,12H2,1H3/t15-,16+/m1/s1/i8D2,9D2. The van der Waals surface area contributed by atoms with Crippen molar-refractivity contribution < 1.29 is 24.1 Å². The first-order chi connectivity index (χ1) is 16.0. The molecule has 0 N–H and O–H groups in total. The first-order valence-electron chi connectivity index (χ1n) is 11.5. The lowest BCUT2D eigenvalue weighted by Gasteiger charge is -2.36. The molecule has 8 nitrogen and oxygen atoms in total. The number of hydrogen-bond acceptors (Lipinski definition) is 7. The molecule has 0 aliphatic carbocycles. The van der Waals surface area contributed by atoms with Gasteiger partial charge < -0.3 is 19.1 Å². The highest BCUT2D eigenvalue weighted by Gasteiger charge is 2.32. The number of anilines is 1. The number of aromatic nitrogens is 3. The molecule has 9 heteroatoms. The van der Waals surface area contributed by atoms with E-state index in [1.165, 1.54) is 35.0 Å². The fraction of sp³-hybridized carbons (Fsp3) is 0.381. The second-order valence-electron chi connectivity index (χ2n) is 7.13. The molecule has 4 heterocycles. The van der Waals surface area contributed by atoms with Gasteiger partial charge in [-0.25, -0.2) is 9.37 Å². The number of ether oxygens (including phenoxy) is 3. The Morgan fingerprint density at radius 3 is 2.90 bits per heavy atom. The summed E-state index contributed by atoms with van der Waals surface area (Å²) in [6, 6.07) is 7.29. The average Bonchev–Trinajstić information content (AvgIpc) is 2.75. The number of benzene rings is 1. The molecule has 1 aromatic carbocycles. The van der Waals surface area contributed by atoms with Crippen LogP contribution in [0, 0.1) is 6.92 Å². The summed E-state index contributed by atoms with van der Waals surface area (Å²) >= 11 is 0. The number of fused-ring (bicyclic) bond motifs is 2. The van der Waals surface area contributed by atoms with Crippen LogP contribution in [0.25, 0.3) is 5.65 Å². The minimum Gasteiger partial charge on any atom is -0.487 e. The molecule has 2 aliphatic heterocycles. The van der Waals surface area contributed by atoms with Crippen molar-refractivity contribution in [1.82, 2.24) is 14.6 Å². The summed E-state index contributed by atoms with van der Waals surface area (Å²) in [5, 5.41) is 4.38. The summed E-state index contributed by atoms with van der Waals surface area (Å²) in [5.74, 6) is 0.751. The predicted octanol–water partition coefficient (Wildman–Crippen LogP) is 2.16. The van der Waals surface area contributed by atoms with E-state index < -0.39 is 25.4 Å². The van der Waals surface area contributed by atoms with Gasteiger partial charge in [0, 0.05) is 31.3 Å². The Morgan fingerprint density at radius 1 is 1.23 bits per heavy atom. The second-order valence-corrected chi connectivity index (χ2v) is 7.13. The minimum atomic E-state index is -2.70. The third-order valence-corrected chi connectivity index (χ3v) is 5.09. The molecule has 0 spiro atoms. The Hall–Kier alpha value is -3.36. The molecule has 0 radical (unpaired) electrons. The number of aryl methyl sites for hydroxylation is 1. The van der Waals surface area contributed by atoms with Crippen molar-refractivity contribution in [3.8, 4) is 17.2 Å². The van der Waals surface area contributed by atoms with Gasteiger partial charge in [0.2, 0.25) is 0 Å². The molecule has 5 rings (SSSR count). The van der Waals surface area contributed by atoms with E-state index in [9.17, 15) is 4.79 Å². The molecular weight excluding hydrogens is 391 g/mol. The minimum absolute atomic E-state index is 0.00628.